The number of hydrogen-bond acceptors (Lipinski definition) is 5. The van der Waals surface area contributed by atoms with E-state index in [2.05, 4.69) is 5.10 Å². The third kappa shape index (κ3) is 3.87. The maximum atomic E-state index is 12.5. The highest BCUT2D eigenvalue weighted by atomic mass is 16.5. The molecular formula is C19H23N3O4. The molecule has 0 bridgehead atoms. The molecular weight excluding hydrogens is 334 g/mol. The van der Waals surface area contributed by atoms with Crippen molar-refractivity contribution in [2.45, 2.75) is 25.8 Å². The van der Waals surface area contributed by atoms with Crippen LogP contribution < -0.4 is 15.0 Å². The average Bonchev–Trinajstić information content (AvgIpc) is 2.69. The molecule has 7 heteroatoms. The number of nitrogens with zero attached hydrogens (tertiary/aromatic N) is 3. The van der Waals surface area contributed by atoms with Gasteiger partial charge in [-0.25, -0.2) is 4.68 Å². The fraction of sp³-hybridized carbons (Fsp3) is 0.421. The summed E-state index contributed by atoms with van der Waals surface area (Å²) in [6.07, 6.45) is 3.17. The molecule has 1 aliphatic rings. The molecule has 7 nitrogen and oxygen atoms in total. The Morgan fingerprint density at radius 3 is 2.54 bits per heavy atom. The van der Waals surface area contributed by atoms with E-state index in [1.54, 1.807) is 37.3 Å². The zero-order valence-corrected chi connectivity index (χ0v) is 15.1. The summed E-state index contributed by atoms with van der Waals surface area (Å²) in [5.74, 6) is 1.18. The third-order valence-corrected chi connectivity index (χ3v) is 4.55. The molecule has 2 aromatic rings. The second kappa shape index (κ2) is 8.03. The van der Waals surface area contributed by atoms with Gasteiger partial charge in [-0.2, -0.15) is 5.10 Å². The van der Waals surface area contributed by atoms with Gasteiger partial charge in [-0.3, -0.25) is 9.59 Å². The topological polar surface area (TPSA) is 73.7 Å². The number of amides is 1. The predicted octanol–water partition coefficient (Wildman–Crippen LogP) is 1.94. The molecule has 0 N–H and O–H groups in total. The van der Waals surface area contributed by atoms with Crippen LogP contribution in [0.5, 0.6) is 11.5 Å². The molecule has 1 amide bonds. The van der Waals surface area contributed by atoms with Crippen molar-refractivity contribution < 1.29 is 14.3 Å². The summed E-state index contributed by atoms with van der Waals surface area (Å²) in [6, 6.07) is 8.44. The van der Waals surface area contributed by atoms with Gasteiger partial charge in [-0.05, 0) is 37.5 Å². The van der Waals surface area contributed by atoms with Gasteiger partial charge >= 0.3 is 0 Å². The molecule has 0 unspecified atom stereocenters. The zero-order valence-electron chi connectivity index (χ0n) is 15.1. The van der Waals surface area contributed by atoms with Gasteiger partial charge in [0.15, 0.2) is 0 Å². The minimum absolute atomic E-state index is 0.0505. The van der Waals surface area contributed by atoms with Crippen LogP contribution in [0.4, 0.5) is 0 Å². The fourth-order valence-corrected chi connectivity index (χ4v) is 3.09. The van der Waals surface area contributed by atoms with E-state index < -0.39 is 0 Å². The minimum Gasteiger partial charge on any atom is -0.497 e. The molecule has 1 aliphatic heterocycles. The summed E-state index contributed by atoms with van der Waals surface area (Å²) in [4.78, 5) is 26.4. The van der Waals surface area contributed by atoms with E-state index in [0.29, 0.717) is 17.2 Å². The second-order valence-electron chi connectivity index (χ2n) is 6.22. The van der Waals surface area contributed by atoms with Gasteiger partial charge in [0.1, 0.15) is 18.0 Å². The largest absolute Gasteiger partial charge is 0.497 e. The second-order valence-corrected chi connectivity index (χ2v) is 6.22. The lowest BCUT2D eigenvalue weighted by Crippen LogP contribution is -2.40. The number of piperidine rings is 1. The molecule has 1 saturated heterocycles. The molecule has 1 fully saturated rings. The first-order valence-corrected chi connectivity index (χ1v) is 8.70. The first kappa shape index (κ1) is 18.0. The maximum Gasteiger partial charge on any atom is 0.267 e. The molecule has 138 valence electrons. The number of ether oxygens (including phenoxy) is 2. The molecule has 0 saturated carbocycles. The van der Waals surface area contributed by atoms with Crippen molar-refractivity contribution in [1.29, 1.82) is 0 Å². The summed E-state index contributed by atoms with van der Waals surface area (Å²) in [5.41, 5.74) is 0.995. The van der Waals surface area contributed by atoms with Crippen LogP contribution in [0.25, 0.3) is 11.3 Å². The Bertz CT molecular complexity index is 841. The number of likely N-dealkylation sites (tertiary alicyclic amines) is 1. The Kier molecular flexibility index (Phi) is 5.55. The van der Waals surface area contributed by atoms with Gasteiger partial charge in [0.25, 0.3) is 5.56 Å². The van der Waals surface area contributed by atoms with Gasteiger partial charge in [0, 0.05) is 30.8 Å². The highest BCUT2D eigenvalue weighted by Gasteiger charge is 2.18. The minimum atomic E-state index is -0.299. The van der Waals surface area contributed by atoms with Crippen molar-refractivity contribution in [2.75, 3.05) is 27.3 Å². The van der Waals surface area contributed by atoms with Crippen LogP contribution in [0, 0.1) is 0 Å². The lowest BCUT2D eigenvalue weighted by molar-refractivity contribution is -0.133. The highest BCUT2D eigenvalue weighted by Crippen LogP contribution is 2.31. The summed E-state index contributed by atoms with van der Waals surface area (Å²) >= 11 is 0. The molecule has 1 aromatic carbocycles. The number of rotatable bonds is 5. The molecule has 3 rings (SSSR count). The zero-order chi connectivity index (χ0) is 18.5. The van der Waals surface area contributed by atoms with Crippen LogP contribution in [0.1, 0.15) is 19.3 Å². The first-order valence-electron chi connectivity index (χ1n) is 8.70. The Balaban J connectivity index is 1.88. The van der Waals surface area contributed by atoms with Crippen LogP contribution in [0.2, 0.25) is 0 Å². The van der Waals surface area contributed by atoms with Crippen molar-refractivity contribution >= 4 is 5.91 Å². The molecule has 0 radical (unpaired) electrons. The van der Waals surface area contributed by atoms with Crippen LogP contribution in [-0.2, 0) is 11.3 Å². The Hall–Kier alpha value is -2.83. The smallest absolute Gasteiger partial charge is 0.267 e. The van der Waals surface area contributed by atoms with E-state index in [1.165, 1.54) is 10.7 Å². The van der Waals surface area contributed by atoms with Crippen molar-refractivity contribution in [3.8, 4) is 22.8 Å². The maximum absolute atomic E-state index is 12.5. The van der Waals surface area contributed by atoms with Gasteiger partial charge in [-0.1, -0.05) is 0 Å². The lowest BCUT2D eigenvalue weighted by Gasteiger charge is -2.26. The summed E-state index contributed by atoms with van der Waals surface area (Å²) < 4.78 is 11.8. The lowest BCUT2D eigenvalue weighted by atomic mass is 10.1. The van der Waals surface area contributed by atoms with Crippen LogP contribution in [0.15, 0.2) is 35.1 Å². The number of carbonyl (C=O) groups is 1. The van der Waals surface area contributed by atoms with Crippen molar-refractivity contribution in [3.63, 3.8) is 0 Å². The van der Waals surface area contributed by atoms with Crippen molar-refractivity contribution in [1.82, 2.24) is 14.7 Å². The van der Waals surface area contributed by atoms with Gasteiger partial charge in [0.2, 0.25) is 5.91 Å². The Labute approximate surface area is 152 Å². The molecule has 0 aliphatic carbocycles. The van der Waals surface area contributed by atoms with Crippen LogP contribution >= 0.6 is 0 Å². The fourth-order valence-electron chi connectivity index (χ4n) is 3.09. The monoisotopic (exact) mass is 357 g/mol. The van der Waals surface area contributed by atoms with Crippen molar-refractivity contribution in [2.24, 2.45) is 0 Å². The van der Waals surface area contributed by atoms with Gasteiger partial charge in [0.05, 0.1) is 19.9 Å². The normalized spacial score (nSPS) is 14.2. The SMILES string of the molecule is COc1ccc(-c2ccc(=O)n(CC(=O)N3CCCCC3)n2)c(OC)c1. The van der Waals surface area contributed by atoms with E-state index in [4.69, 9.17) is 9.47 Å². The molecule has 26 heavy (non-hydrogen) atoms. The quantitative estimate of drug-likeness (QED) is 0.818. The van der Waals surface area contributed by atoms with Crippen molar-refractivity contribution in [3.05, 3.63) is 40.7 Å². The Morgan fingerprint density at radius 1 is 1.08 bits per heavy atom. The highest BCUT2D eigenvalue weighted by molar-refractivity contribution is 5.76. The molecule has 2 heterocycles. The summed E-state index contributed by atoms with van der Waals surface area (Å²) in [5, 5.41) is 4.38. The number of hydrogen-bond donors (Lipinski definition) is 0. The average molecular weight is 357 g/mol. The van der Waals surface area contributed by atoms with E-state index >= 15 is 0 Å². The summed E-state index contributed by atoms with van der Waals surface area (Å²) in [6.45, 7) is 1.45. The first-order chi connectivity index (χ1) is 12.6. The molecule has 0 atom stereocenters. The van der Waals surface area contributed by atoms with E-state index in [-0.39, 0.29) is 18.0 Å². The third-order valence-electron chi connectivity index (χ3n) is 4.55. The Morgan fingerprint density at radius 2 is 1.85 bits per heavy atom. The number of benzene rings is 1. The van der Waals surface area contributed by atoms with Gasteiger partial charge < -0.3 is 14.4 Å². The molecule has 0 spiro atoms. The standard InChI is InChI=1S/C19H23N3O4/c1-25-14-6-7-15(17(12-14)26-2)16-8-9-18(23)22(20-16)13-19(24)21-10-4-3-5-11-21/h6-9,12H,3-5,10-11,13H2,1-2H3. The van der Waals surface area contributed by atoms with Gasteiger partial charge in [-0.15, -0.1) is 0 Å². The number of carbonyl (C=O) groups excluding carboxylic acids is 1. The number of aromatic nitrogens is 2. The van der Waals surface area contributed by atoms with E-state index in [0.717, 1.165) is 37.9 Å². The van der Waals surface area contributed by atoms with Crippen LogP contribution in [0.3, 0.4) is 0 Å². The van der Waals surface area contributed by atoms with Crippen LogP contribution in [-0.4, -0.2) is 47.9 Å². The summed E-state index contributed by atoms with van der Waals surface area (Å²) in [7, 11) is 3.15. The van der Waals surface area contributed by atoms with E-state index in [9.17, 15) is 9.59 Å². The van der Waals surface area contributed by atoms with E-state index in [1.807, 2.05) is 6.07 Å². The predicted molar refractivity (Wildman–Crippen MR) is 97.5 cm³/mol. The number of methoxy groups -OCH3 is 2. The molecule has 1 aromatic heterocycles.